The van der Waals surface area contributed by atoms with E-state index in [0.29, 0.717) is 33.3 Å². The first-order valence-electron chi connectivity index (χ1n) is 9.93. The third kappa shape index (κ3) is 3.89. The van der Waals surface area contributed by atoms with Crippen LogP contribution >= 0.6 is 0 Å². The molecule has 1 N–H and O–H groups in total. The molecule has 0 saturated carbocycles. The highest BCUT2D eigenvalue weighted by molar-refractivity contribution is 5.94. The number of nitrogens with zero attached hydrogens (tertiary/aromatic N) is 3. The summed E-state index contributed by atoms with van der Waals surface area (Å²) in [6.45, 7) is 1.86. The molecule has 0 spiro atoms. The number of carbonyl (C=O) groups is 1. The standard InChI is InChI=1S/C24H19FN4O3.FH/c1-13-10-16-18(28-13)8-9-19(21(16)25)31-22-17-11-20(32-23(17)27-12-26-22)14-4-6-15(7-5-14)24(30)29(2)3;/h4-12,28H,1-3H3;1H. The van der Waals surface area contributed by atoms with Crippen LogP contribution in [0.1, 0.15) is 16.1 Å². The number of rotatable bonds is 4. The van der Waals surface area contributed by atoms with Gasteiger partial charge in [-0.2, -0.15) is 0 Å². The first-order chi connectivity index (χ1) is 15.4. The van der Waals surface area contributed by atoms with Crippen molar-refractivity contribution in [3.63, 3.8) is 0 Å². The van der Waals surface area contributed by atoms with Crippen molar-refractivity contribution < 1.29 is 23.0 Å². The molecule has 0 aliphatic heterocycles. The van der Waals surface area contributed by atoms with Crippen LogP contribution in [0, 0.1) is 12.7 Å². The average Bonchev–Trinajstić information content (AvgIpc) is 3.39. The van der Waals surface area contributed by atoms with Crippen molar-refractivity contribution in [2.45, 2.75) is 6.92 Å². The second-order valence-corrected chi connectivity index (χ2v) is 7.68. The summed E-state index contributed by atoms with van der Waals surface area (Å²) in [7, 11) is 3.40. The number of halogens is 2. The molecule has 7 nitrogen and oxygen atoms in total. The Hall–Kier alpha value is -4.27. The Labute approximate surface area is 187 Å². The van der Waals surface area contributed by atoms with E-state index in [1.54, 1.807) is 62.6 Å². The minimum atomic E-state index is -0.469. The molecule has 5 aromatic rings. The number of aromatic amines is 1. The highest BCUT2D eigenvalue weighted by Gasteiger charge is 2.17. The fraction of sp³-hybridized carbons (Fsp3) is 0.125. The first-order valence-corrected chi connectivity index (χ1v) is 9.93. The molecular weight excluding hydrogens is 430 g/mol. The van der Waals surface area contributed by atoms with E-state index >= 15 is 0 Å². The lowest BCUT2D eigenvalue weighted by atomic mass is 10.1. The highest BCUT2D eigenvalue weighted by atomic mass is 19.1. The van der Waals surface area contributed by atoms with Gasteiger partial charge >= 0.3 is 0 Å². The quantitative estimate of drug-likeness (QED) is 0.393. The molecule has 33 heavy (non-hydrogen) atoms. The molecule has 2 aromatic carbocycles. The van der Waals surface area contributed by atoms with Gasteiger partial charge in [0.25, 0.3) is 5.91 Å². The number of aromatic nitrogens is 3. The topological polar surface area (TPSA) is 84.2 Å². The molecule has 3 heterocycles. The van der Waals surface area contributed by atoms with E-state index in [9.17, 15) is 9.18 Å². The van der Waals surface area contributed by atoms with Crippen LogP contribution in [0.5, 0.6) is 11.6 Å². The summed E-state index contributed by atoms with van der Waals surface area (Å²) in [5.41, 5.74) is 3.21. The molecule has 9 heteroatoms. The van der Waals surface area contributed by atoms with E-state index in [1.165, 1.54) is 11.2 Å². The molecule has 0 saturated heterocycles. The van der Waals surface area contributed by atoms with Crippen LogP contribution < -0.4 is 4.74 Å². The van der Waals surface area contributed by atoms with Crippen LogP contribution in [-0.2, 0) is 0 Å². The highest BCUT2D eigenvalue weighted by Crippen LogP contribution is 2.35. The smallest absolute Gasteiger partial charge is 0.253 e. The lowest BCUT2D eigenvalue weighted by Gasteiger charge is -2.10. The van der Waals surface area contributed by atoms with Gasteiger partial charge in [0.1, 0.15) is 17.5 Å². The van der Waals surface area contributed by atoms with Gasteiger partial charge in [0.2, 0.25) is 11.6 Å². The summed E-state index contributed by atoms with van der Waals surface area (Å²) in [6, 6.07) is 13.8. The Kier molecular flexibility index (Phi) is 5.55. The Morgan fingerprint density at radius 3 is 2.55 bits per heavy atom. The molecule has 0 aliphatic rings. The van der Waals surface area contributed by atoms with Crippen molar-refractivity contribution in [1.82, 2.24) is 19.9 Å². The number of benzene rings is 2. The third-order valence-electron chi connectivity index (χ3n) is 5.16. The normalized spacial score (nSPS) is 10.9. The van der Waals surface area contributed by atoms with Gasteiger partial charge in [-0.3, -0.25) is 9.50 Å². The Morgan fingerprint density at radius 2 is 1.82 bits per heavy atom. The number of carbonyl (C=O) groups excluding carboxylic acids is 1. The minimum absolute atomic E-state index is 0. The fourth-order valence-corrected chi connectivity index (χ4v) is 3.56. The van der Waals surface area contributed by atoms with Gasteiger partial charge in [-0.1, -0.05) is 12.1 Å². The van der Waals surface area contributed by atoms with Crippen LogP contribution in [0.4, 0.5) is 9.09 Å². The summed E-state index contributed by atoms with van der Waals surface area (Å²) in [4.78, 5) is 25.0. The number of hydrogen-bond donors (Lipinski definition) is 1. The molecule has 5 rings (SSSR count). The van der Waals surface area contributed by atoms with Crippen molar-refractivity contribution in [2.75, 3.05) is 14.1 Å². The molecule has 1 amide bonds. The molecule has 168 valence electrons. The lowest BCUT2D eigenvalue weighted by Crippen LogP contribution is -2.21. The predicted octanol–water partition coefficient (Wildman–Crippen LogP) is 5.47. The third-order valence-corrected chi connectivity index (χ3v) is 5.16. The van der Waals surface area contributed by atoms with E-state index in [1.807, 2.05) is 6.92 Å². The number of H-pyrrole nitrogens is 1. The summed E-state index contributed by atoms with van der Waals surface area (Å²) < 4.78 is 26.6. The van der Waals surface area contributed by atoms with Crippen molar-refractivity contribution >= 4 is 27.9 Å². The van der Waals surface area contributed by atoms with Gasteiger partial charge in [-0.15, -0.1) is 0 Å². The second-order valence-electron chi connectivity index (χ2n) is 7.68. The molecular formula is C24H20F2N4O3. The average molecular weight is 450 g/mol. The SMILES string of the molecule is Cc1cc2c(F)c(Oc3ncnc4oc(-c5ccc(C(=O)N(C)C)cc5)cc34)ccc2[nH]1.F. The Bertz CT molecular complexity index is 1470. The first kappa shape index (κ1) is 21.9. The minimum Gasteiger partial charge on any atom is -0.437 e. The summed E-state index contributed by atoms with van der Waals surface area (Å²) in [5.74, 6) is 0.231. The number of ether oxygens (including phenoxy) is 1. The van der Waals surface area contributed by atoms with Gasteiger partial charge in [0, 0.05) is 41.8 Å². The zero-order chi connectivity index (χ0) is 22.4. The van der Waals surface area contributed by atoms with E-state index in [4.69, 9.17) is 9.15 Å². The van der Waals surface area contributed by atoms with Gasteiger partial charge in [0.05, 0.1) is 0 Å². The molecule has 0 unspecified atom stereocenters. The number of aryl methyl sites for hydroxylation is 1. The zero-order valence-electron chi connectivity index (χ0n) is 18.0. The number of furan rings is 1. The largest absolute Gasteiger partial charge is 0.437 e. The molecule has 0 bridgehead atoms. The predicted molar refractivity (Wildman–Crippen MR) is 121 cm³/mol. The summed E-state index contributed by atoms with van der Waals surface area (Å²) >= 11 is 0. The Balaban J connectivity index is 0.00000259. The van der Waals surface area contributed by atoms with Crippen molar-refractivity contribution in [3.8, 4) is 23.0 Å². The molecule has 0 radical (unpaired) electrons. The second kappa shape index (κ2) is 8.34. The van der Waals surface area contributed by atoms with E-state index < -0.39 is 5.82 Å². The lowest BCUT2D eigenvalue weighted by molar-refractivity contribution is 0.0827. The summed E-state index contributed by atoms with van der Waals surface area (Å²) in [5, 5.41) is 0.964. The summed E-state index contributed by atoms with van der Waals surface area (Å²) in [6.07, 6.45) is 1.31. The molecule has 0 fully saturated rings. The van der Waals surface area contributed by atoms with Crippen LogP contribution in [0.25, 0.3) is 33.3 Å². The number of amides is 1. The molecule has 3 aromatic heterocycles. The fourth-order valence-electron chi connectivity index (χ4n) is 3.56. The number of fused-ring (bicyclic) bond motifs is 2. The van der Waals surface area contributed by atoms with Gasteiger partial charge < -0.3 is 19.0 Å². The monoisotopic (exact) mass is 450 g/mol. The van der Waals surface area contributed by atoms with Gasteiger partial charge in [0.15, 0.2) is 11.6 Å². The maximum absolute atomic E-state index is 15.0. The van der Waals surface area contributed by atoms with Crippen LogP contribution in [0.15, 0.2) is 59.3 Å². The molecule has 0 aliphatic carbocycles. The van der Waals surface area contributed by atoms with Crippen LogP contribution in [0.2, 0.25) is 0 Å². The van der Waals surface area contributed by atoms with Crippen molar-refractivity contribution in [2.24, 2.45) is 0 Å². The van der Waals surface area contributed by atoms with Crippen molar-refractivity contribution in [3.05, 3.63) is 71.9 Å². The zero-order valence-corrected chi connectivity index (χ0v) is 18.0. The van der Waals surface area contributed by atoms with E-state index in [-0.39, 0.29) is 22.2 Å². The van der Waals surface area contributed by atoms with Gasteiger partial charge in [-0.25, -0.2) is 14.4 Å². The molecule has 0 atom stereocenters. The van der Waals surface area contributed by atoms with E-state index in [2.05, 4.69) is 15.0 Å². The van der Waals surface area contributed by atoms with Crippen molar-refractivity contribution in [1.29, 1.82) is 0 Å². The van der Waals surface area contributed by atoms with E-state index in [0.717, 1.165) is 11.3 Å². The van der Waals surface area contributed by atoms with Gasteiger partial charge in [-0.05, 0) is 43.3 Å². The number of nitrogens with one attached hydrogen (secondary N) is 1. The van der Waals surface area contributed by atoms with Crippen LogP contribution in [-0.4, -0.2) is 39.9 Å². The number of hydrogen-bond acceptors (Lipinski definition) is 5. The maximum Gasteiger partial charge on any atom is 0.253 e. The van der Waals surface area contributed by atoms with Crippen LogP contribution in [0.3, 0.4) is 0 Å². The Morgan fingerprint density at radius 1 is 1.06 bits per heavy atom. The maximum atomic E-state index is 15.0.